The summed E-state index contributed by atoms with van der Waals surface area (Å²) in [6.07, 6.45) is 0. The van der Waals surface area contributed by atoms with E-state index in [9.17, 15) is 4.79 Å². The van der Waals surface area contributed by atoms with Crippen molar-refractivity contribution < 1.29 is 4.79 Å². The van der Waals surface area contributed by atoms with Crippen LogP contribution in [0.15, 0.2) is 18.2 Å². The highest BCUT2D eigenvalue weighted by Gasteiger charge is 2.10. The summed E-state index contributed by atoms with van der Waals surface area (Å²) in [5.74, 6) is 0.150. The molecule has 0 N–H and O–H groups in total. The fourth-order valence-corrected chi connectivity index (χ4v) is 2.27. The number of rotatable bonds is 2. The number of halogens is 2. The SMILES string of the molecule is Cc1cccc(I)c1C(=O)CBr. The third-order valence-corrected chi connectivity index (χ3v) is 3.03. The van der Waals surface area contributed by atoms with Crippen molar-refractivity contribution in [3.8, 4) is 0 Å². The van der Waals surface area contributed by atoms with Crippen LogP contribution in [0.3, 0.4) is 0 Å². The monoisotopic (exact) mass is 338 g/mol. The zero-order chi connectivity index (χ0) is 9.14. The molecule has 12 heavy (non-hydrogen) atoms. The third-order valence-electron chi connectivity index (χ3n) is 1.62. The Balaban J connectivity index is 3.21. The maximum atomic E-state index is 11.4. The summed E-state index contributed by atoms with van der Waals surface area (Å²) in [4.78, 5) is 11.4. The fraction of sp³-hybridized carbons (Fsp3) is 0.222. The number of ketones is 1. The number of hydrogen-bond donors (Lipinski definition) is 0. The van der Waals surface area contributed by atoms with Gasteiger partial charge in [-0.1, -0.05) is 28.1 Å². The van der Waals surface area contributed by atoms with Gasteiger partial charge in [-0.25, -0.2) is 0 Å². The molecule has 0 aliphatic carbocycles. The molecule has 0 fully saturated rings. The summed E-state index contributed by atoms with van der Waals surface area (Å²) in [7, 11) is 0. The lowest BCUT2D eigenvalue weighted by molar-refractivity contribution is 0.102. The van der Waals surface area contributed by atoms with E-state index in [0.717, 1.165) is 14.7 Å². The topological polar surface area (TPSA) is 17.1 Å². The first-order valence-corrected chi connectivity index (χ1v) is 5.71. The van der Waals surface area contributed by atoms with E-state index < -0.39 is 0 Å². The van der Waals surface area contributed by atoms with Crippen molar-refractivity contribution in [3.05, 3.63) is 32.9 Å². The molecular weight excluding hydrogens is 331 g/mol. The predicted molar refractivity (Wildman–Crippen MR) is 62.0 cm³/mol. The van der Waals surface area contributed by atoms with E-state index in [2.05, 4.69) is 38.5 Å². The van der Waals surface area contributed by atoms with Crippen molar-refractivity contribution >= 4 is 44.3 Å². The Kier molecular flexibility index (Phi) is 3.71. The van der Waals surface area contributed by atoms with Crippen LogP contribution in [-0.2, 0) is 0 Å². The Morgan fingerprint density at radius 2 is 2.25 bits per heavy atom. The normalized spacial score (nSPS) is 9.92. The lowest BCUT2D eigenvalue weighted by Crippen LogP contribution is -2.05. The molecule has 1 aromatic rings. The zero-order valence-corrected chi connectivity index (χ0v) is 10.3. The average molecular weight is 339 g/mol. The van der Waals surface area contributed by atoms with Crippen LogP contribution in [0.4, 0.5) is 0 Å². The van der Waals surface area contributed by atoms with Gasteiger partial charge < -0.3 is 0 Å². The molecule has 0 bridgehead atoms. The minimum atomic E-state index is 0.150. The molecule has 64 valence electrons. The number of benzene rings is 1. The molecule has 0 heterocycles. The number of hydrogen-bond acceptors (Lipinski definition) is 1. The van der Waals surface area contributed by atoms with Crippen molar-refractivity contribution in [1.82, 2.24) is 0 Å². The van der Waals surface area contributed by atoms with Crippen LogP contribution in [0, 0.1) is 10.5 Å². The minimum absolute atomic E-state index is 0.150. The van der Waals surface area contributed by atoms with Gasteiger partial charge in [0.1, 0.15) is 0 Å². The Hall–Kier alpha value is 0.1000. The fourth-order valence-electron chi connectivity index (χ4n) is 1.05. The van der Waals surface area contributed by atoms with Gasteiger partial charge in [0, 0.05) is 9.13 Å². The van der Waals surface area contributed by atoms with Crippen LogP contribution in [0.2, 0.25) is 0 Å². The molecular formula is C9H8BrIO. The molecule has 1 nitrogen and oxygen atoms in total. The predicted octanol–water partition coefficient (Wildman–Crippen LogP) is 3.18. The molecule has 0 aliphatic heterocycles. The summed E-state index contributed by atoms with van der Waals surface area (Å²) in [6, 6.07) is 5.86. The summed E-state index contributed by atoms with van der Waals surface area (Å²) < 4.78 is 1.03. The van der Waals surface area contributed by atoms with E-state index in [4.69, 9.17) is 0 Å². The molecule has 0 radical (unpaired) electrons. The van der Waals surface area contributed by atoms with Crippen LogP contribution < -0.4 is 0 Å². The van der Waals surface area contributed by atoms with Crippen molar-refractivity contribution in [2.45, 2.75) is 6.92 Å². The second-order valence-electron chi connectivity index (χ2n) is 2.49. The molecule has 0 spiro atoms. The Bertz CT molecular complexity index is 289. The van der Waals surface area contributed by atoms with Crippen molar-refractivity contribution in [1.29, 1.82) is 0 Å². The summed E-state index contributed by atoms with van der Waals surface area (Å²) >= 11 is 5.35. The molecule has 0 aliphatic rings. The molecule has 0 amide bonds. The van der Waals surface area contributed by atoms with E-state index in [1.54, 1.807) is 0 Å². The minimum Gasteiger partial charge on any atom is -0.293 e. The number of aryl methyl sites for hydroxylation is 1. The van der Waals surface area contributed by atoms with E-state index in [1.807, 2.05) is 25.1 Å². The van der Waals surface area contributed by atoms with Gasteiger partial charge in [0.2, 0.25) is 0 Å². The van der Waals surface area contributed by atoms with Crippen LogP contribution in [-0.4, -0.2) is 11.1 Å². The highest BCUT2D eigenvalue weighted by Crippen LogP contribution is 2.17. The van der Waals surface area contributed by atoms with Gasteiger partial charge in [0.15, 0.2) is 5.78 Å². The molecule has 1 rings (SSSR count). The van der Waals surface area contributed by atoms with E-state index in [0.29, 0.717) is 5.33 Å². The second-order valence-corrected chi connectivity index (χ2v) is 4.21. The van der Waals surface area contributed by atoms with E-state index >= 15 is 0 Å². The summed E-state index contributed by atoms with van der Waals surface area (Å²) in [5, 5.41) is 0.397. The van der Waals surface area contributed by atoms with E-state index in [1.165, 1.54) is 0 Å². The van der Waals surface area contributed by atoms with Crippen molar-refractivity contribution in [2.75, 3.05) is 5.33 Å². The third kappa shape index (κ3) is 2.07. The summed E-state index contributed by atoms with van der Waals surface area (Å²) in [6.45, 7) is 1.96. The van der Waals surface area contributed by atoms with Crippen LogP contribution >= 0.6 is 38.5 Å². The average Bonchev–Trinajstić information content (AvgIpc) is 2.03. The van der Waals surface area contributed by atoms with Crippen molar-refractivity contribution in [2.24, 2.45) is 0 Å². The second kappa shape index (κ2) is 4.37. The molecule has 1 aromatic carbocycles. The first-order chi connectivity index (χ1) is 5.66. The lowest BCUT2D eigenvalue weighted by atomic mass is 10.1. The number of alkyl halides is 1. The van der Waals surface area contributed by atoms with Gasteiger partial charge >= 0.3 is 0 Å². The van der Waals surface area contributed by atoms with Gasteiger partial charge in [-0.2, -0.15) is 0 Å². The zero-order valence-electron chi connectivity index (χ0n) is 6.60. The Morgan fingerprint density at radius 1 is 1.58 bits per heavy atom. The highest BCUT2D eigenvalue weighted by molar-refractivity contribution is 14.1. The smallest absolute Gasteiger partial charge is 0.174 e. The summed E-state index contributed by atoms with van der Waals surface area (Å²) in [5.41, 5.74) is 1.89. The maximum Gasteiger partial charge on any atom is 0.174 e. The van der Waals surface area contributed by atoms with Gasteiger partial charge in [-0.05, 0) is 41.1 Å². The van der Waals surface area contributed by atoms with Gasteiger partial charge in [-0.3, -0.25) is 4.79 Å². The van der Waals surface area contributed by atoms with Crippen LogP contribution in [0.1, 0.15) is 15.9 Å². The molecule has 0 saturated heterocycles. The lowest BCUT2D eigenvalue weighted by Gasteiger charge is -2.04. The molecule has 0 aromatic heterocycles. The largest absolute Gasteiger partial charge is 0.293 e. The molecule has 0 saturated carbocycles. The van der Waals surface area contributed by atoms with Gasteiger partial charge in [-0.15, -0.1) is 0 Å². The van der Waals surface area contributed by atoms with Gasteiger partial charge in [0.25, 0.3) is 0 Å². The van der Waals surface area contributed by atoms with Crippen LogP contribution in [0.5, 0.6) is 0 Å². The number of Topliss-reactive ketones (excluding diaryl/α,β-unsaturated/α-hetero) is 1. The van der Waals surface area contributed by atoms with E-state index in [-0.39, 0.29) is 5.78 Å². The molecule has 3 heteroatoms. The standard InChI is InChI=1S/C9H8BrIO/c1-6-3-2-4-7(11)9(6)8(12)5-10/h2-4H,5H2,1H3. The molecule has 0 atom stereocenters. The first-order valence-electron chi connectivity index (χ1n) is 3.51. The Labute approximate surface area is 93.8 Å². The van der Waals surface area contributed by atoms with Crippen molar-refractivity contribution in [3.63, 3.8) is 0 Å². The highest BCUT2D eigenvalue weighted by atomic mass is 127. The molecule has 0 unspecified atom stereocenters. The number of carbonyl (C=O) groups excluding carboxylic acids is 1. The van der Waals surface area contributed by atoms with Gasteiger partial charge in [0.05, 0.1) is 5.33 Å². The van der Waals surface area contributed by atoms with Crippen LogP contribution in [0.25, 0.3) is 0 Å². The Morgan fingerprint density at radius 3 is 2.75 bits per heavy atom. The quantitative estimate of drug-likeness (QED) is 0.460. The first kappa shape index (κ1) is 10.2. The number of carbonyl (C=O) groups is 1. The maximum absolute atomic E-state index is 11.4.